The van der Waals surface area contributed by atoms with Gasteiger partial charge in [0.05, 0.1) is 4.88 Å². The van der Waals surface area contributed by atoms with Crippen LogP contribution in [-0.4, -0.2) is 28.7 Å². The lowest BCUT2D eigenvalue weighted by atomic mass is 10.2. The highest BCUT2D eigenvalue weighted by Crippen LogP contribution is 2.24. The zero-order valence-electron chi connectivity index (χ0n) is 8.70. The van der Waals surface area contributed by atoms with Gasteiger partial charge in [0.2, 0.25) is 0 Å². The van der Waals surface area contributed by atoms with Gasteiger partial charge in [0.15, 0.2) is 0 Å². The number of carbonyl (C=O) groups excluding carboxylic acids is 1. The zero-order chi connectivity index (χ0) is 10.8. The maximum Gasteiger partial charge on any atom is 0.264 e. The van der Waals surface area contributed by atoms with Crippen LogP contribution < -0.4 is 0 Å². The van der Waals surface area contributed by atoms with E-state index in [1.807, 2.05) is 23.3 Å². The Labute approximate surface area is 102 Å². The van der Waals surface area contributed by atoms with Crippen LogP contribution in [-0.2, 0) is 0 Å². The molecule has 0 radical (unpaired) electrons. The van der Waals surface area contributed by atoms with Gasteiger partial charge in [-0.3, -0.25) is 4.79 Å². The smallest absolute Gasteiger partial charge is 0.264 e. The summed E-state index contributed by atoms with van der Waals surface area (Å²) in [6.07, 6.45) is 2.26. The molecule has 1 amide bonds. The van der Waals surface area contributed by atoms with Crippen molar-refractivity contribution in [3.8, 4) is 0 Å². The Balaban J connectivity index is 2.13. The van der Waals surface area contributed by atoms with Crippen molar-refractivity contribution in [2.45, 2.75) is 25.8 Å². The first kappa shape index (κ1) is 11.1. The molecule has 1 aliphatic heterocycles. The highest BCUT2D eigenvalue weighted by molar-refractivity contribution is 9.09. The summed E-state index contributed by atoms with van der Waals surface area (Å²) in [6.45, 7) is 2.94. The Morgan fingerprint density at radius 3 is 3.13 bits per heavy atom. The Morgan fingerprint density at radius 2 is 2.53 bits per heavy atom. The van der Waals surface area contributed by atoms with Crippen LogP contribution in [0.1, 0.15) is 28.1 Å². The van der Waals surface area contributed by atoms with E-state index in [0.717, 1.165) is 29.6 Å². The quantitative estimate of drug-likeness (QED) is 0.766. The fourth-order valence-corrected chi connectivity index (χ4v) is 3.47. The highest BCUT2D eigenvalue weighted by Gasteiger charge is 2.28. The maximum absolute atomic E-state index is 12.1. The largest absolute Gasteiger partial charge is 0.334 e. The second kappa shape index (κ2) is 4.66. The predicted octanol–water partition coefficient (Wildman–Crippen LogP) is 3.06. The summed E-state index contributed by atoms with van der Waals surface area (Å²) in [4.78, 5) is 15.0. The van der Waals surface area contributed by atoms with Gasteiger partial charge in [-0.05, 0) is 36.8 Å². The Kier molecular flexibility index (Phi) is 3.46. The lowest BCUT2D eigenvalue weighted by Gasteiger charge is -2.22. The van der Waals surface area contributed by atoms with E-state index in [4.69, 9.17) is 0 Å². The van der Waals surface area contributed by atoms with Gasteiger partial charge in [-0.15, -0.1) is 11.3 Å². The molecule has 0 N–H and O–H groups in total. The number of amides is 1. The van der Waals surface area contributed by atoms with E-state index in [0.29, 0.717) is 6.04 Å². The lowest BCUT2D eigenvalue weighted by Crippen LogP contribution is -2.35. The summed E-state index contributed by atoms with van der Waals surface area (Å²) in [5, 5.41) is 2.93. The van der Waals surface area contributed by atoms with Crippen LogP contribution in [0.25, 0.3) is 0 Å². The molecule has 82 valence electrons. The second-order valence-electron chi connectivity index (χ2n) is 3.94. The van der Waals surface area contributed by atoms with Crippen LogP contribution >= 0.6 is 27.3 Å². The van der Waals surface area contributed by atoms with E-state index in [1.165, 1.54) is 5.56 Å². The summed E-state index contributed by atoms with van der Waals surface area (Å²) >= 11 is 5.02. The van der Waals surface area contributed by atoms with E-state index in [1.54, 1.807) is 11.3 Å². The number of rotatable bonds is 2. The minimum atomic E-state index is 0.204. The average Bonchev–Trinajstić information content (AvgIpc) is 2.84. The molecule has 4 heteroatoms. The van der Waals surface area contributed by atoms with E-state index >= 15 is 0 Å². The van der Waals surface area contributed by atoms with Crippen molar-refractivity contribution in [2.24, 2.45) is 0 Å². The van der Waals surface area contributed by atoms with Crippen molar-refractivity contribution in [1.29, 1.82) is 0 Å². The third-order valence-corrected chi connectivity index (χ3v) is 4.54. The molecule has 1 saturated heterocycles. The number of alkyl halides is 1. The second-order valence-corrected chi connectivity index (χ2v) is 5.50. The van der Waals surface area contributed by atoms with Crippen molar-refractivity contribution in [1.82, 2.24) is 4.90 Å². The van der Waals surface area contributed by atoms with Crippen molar-refractivity contribution in [2.75, 3.05) is 11.9 Å². The molecule has 1 fully saturated rings. The number of aryl methyl sites for hydroxylation is 1. The maximum atomic E-state index is 12.1. The molecule has 2 rings (SSSR count). The fraction of sp³-hybridized carbons (Fsp3) is 0.545. The van der Waals surface area contributed by atoms with Crippen LogP contribution in [0.4, 0.5) is 0 Å². The third kappa shape index (κ3) is 2.26. The molecular formula is C11H14BrNOS. The summed E-state index contributed by atoms with van der Waals surface area (Å²) in [5.74, 6) is 0.204. The van der Waals surface area contributed by atoms with E-state index in [-0.39, 0.29) is 5.91 Å². The topological polar surface area (TPSA) is 20.3 Å². The highest BCUT2D eigenvalue weighted by atomic mass is 79.9. The Hall–Kier alpha value is -0.350. The number of thiophene rings is 1. The number of halogens is 1. The first-order valence-corrected chi connectivity index (χ1v) is 7.14. The summed E-state index contributed by atoms with van der Waals surface area (Å²) in [6, 6.07) is 2.37. The minimum absolute atomic E-state index is 0.204. The van der Waals surface area contributed by atoms with Gasteiger partial charge >= 0.3 is 0 Å². The molecule has 1 atom stereocenters. The molecule has 1 aliphatic rings. The molecule has 2 nitrogen and oxygen atoms in total. The van der Waals surface area contributed by atoms with Gasteiger partial charge in [0, 0.05) is 17.9 Å². The van der Waals surface area contributed by atoms with Crippen molar-refractivity contribution < 1.29 is 4.79 Å². The molecule has 1 aromatic heterocycles. The van der Waals surface area contributed by atoms with E-state index in [2.05, 4.69) is 15.9 Å². The van der Waals surface area contributed by atoms with Gasteiger partial charge in [-0.1, -0.05) is 15.9 Å². The number of nitrogens with zero attached hydrogens (tertiary/aromatic N) is 1. The Bertz CT molecular complexity index is 363. The van der Waals surface area contributed by atoms with Gasteiger partial charge in [0.1, 0.15) is 0 Å². The monoisotopic (exact) mass is 287 g/mol. The average molecular weight is 288 g/mol. The van der Waals surface area contributed by atoms with Crippen LogP contribution in [0.3, 0.4) is 0 Å². The van der Waals surface area contributed by atoms with Crippen molar-refractivity contribution in [3.63, 3.8) is 0 Å². The lowest BCUT2D eigenvalue weighted by molar-refractivity contribution is 0.0755. The molecule has 0 saturated carbocycles. The number of likely N-dealkylation sites (tertiary alicyclic amines) is 1. The Morgan fingerprint density at radius 1 is 1.73 bits per heavy atom. The number of hydrogen-bond donors (Lipinski definition) is 0. The first-order valence-electron chi connectivity index (χ1n) is 5.14. The standard InChI is InChI=1S/C11H14BrNOS/c1-8-5-10(15-7-8)11(14)13-4-2-3-9(13)6-12/h5,7,9H,2-4,6H2,1H3. The van der Waals surface area contributed by atoms with Crippen molar-refractivity contribution in [3.05, 3.63) is 21.9 Å². The minimum Gasteiger partial charge on any atom is -0.334 e. The van der Waals surface area contributed by atoms with Crippen LogP contribution in [0.5, 0.6) is 0 Å². The molecule has 1 unspecified atom stereocenters. The number of carbonyl (C=O) groups is 1. The fourth-order valence-electron chi connectivity index (χ4n) is 1.95. The summed E-state index contributed by atoms with van der Waals surface area (Å²) < 4.78 is 0. The van der Waals surface area contributed by atoms with Gasteiger partial charge in [-0.25, -0.2) is 0 Å². The van der Waals surface area contributed by atoms with Gasteiger partial charge in [-0.2, -0.15) is 0 Å². The normalized spacial score (nSPS) is 20.9. The number of hydrogen-bond acceptors (Lipinski definition) is 2. The molecular weight excluding hydrogens is 274 g/mol. The van der Waals surface area contributed by atoms with E-state index < -0.39 is 0 Å². The summed E-state index contributed by atoms with van der Waals surface area (Å²) in [7, 11) is 0. The summed E-state index contributed by atoms with van der Waals surface area (Å²) in [5.41, 5.74) is 1.18. The molecule has 0 aromatic carbocycles. The van der Waals surface area contributed by atoms with Gasteiger partial charge < -0.3 is 4.90 Å². The third-order valence-electron chi connectivity index (χ3n) is 2.76. The zero-order valence-corrected chi connectivity index (χ0v) is 11.1. The molecule has 15 heavy (non-hydrogen) atoms. The van der Waals surface area contributed by atoms with Crippen LogP contribution in [0.2, 0.25) is 0 Å². The van der Waals surface area contributed by atoms with Crippen LogP contribution in [0, 0.1) is 6.92 Å². The van der Waals surface area contributed by atoms with E-state index in [9.17, 15) is 4.79 Å². The van der Waals surface area contributed by atoms with Crippen LogP contribution in [0.15, 0.2) is 11.4 Å². The molecule has 0 bridgehead atoms. The SMILES string of the molecule is Cc1csc(C(=O)N2CCCC2CBr)c1. The van der Waals surface area contributed by atoms with Crippen molar-refractivity contribution >= 4 is 33.2 Å². The predicted molar refractivity (Wildman–Crippen MR) is 66.9 cm³/mol. The first-order chi connectivity index (χ1) is 7.22. The molecule has 0 aliphatic carbocycles. The molecule has 2 heterocycles. The molecule has 0 spiro atoms. The van der Waals surface area contributed by atoms with Gasteiger partial charge in [0.25, 0.3) is 5.91 Å². The molecule has 1 aromatic rings.